The van der Waals surface area contributed by atoms with Crippen LogP contribution in [-0.2, 0) is 0 Å². The molecule has 0 amide bonds. The summed E-state index contributed by atoms with van der Waals surface area (Å²) in [5.74, 6) is 0. The van der Waals surface area contributed by atoms with Gasteiger partial charge in [-0.1, -0.05) is 0 Å². The number of dihydropyridines is 1. The van der Waals surface area contributed by atoms with Crippen LogP contribution in [0.4, 0.5) is 0 Å². The second-order valence-corrected chi connectivity index (χ2v) is 5.23. The highest BCUT2D eigenvalue weighted by Crippen LogP contribution is 2.43. The largest absolute Gasteiger partial charge is 0.378 e. The highest BCUT2D eigenvalue weighted by Gasteiger charge is 2.48. The molecular weight excluding hydrogens is 184 g/mol. The first-order chi connectivity index (χ1) is 7.22. The lowest BCUT2D eigenvalue weighted by Gasteiger charge is -2.46. The van der Waals surface area contributed by atoms with Crippen molar-refractivity contribution >= 4 is 0 Å². The summed E-state index contributed by atoms with van der Waals surface area (Å²) >= 11 is 0. The average molecular weight is 204 g/mol. The van der Waals surface area contributed by atoms with Crippen LogP contribution in [0.1, 0.15) is 39.5 Å². The van der Waals surface area contributed by atoms with Crippen molar-refractivity contribution in [2.24, 2.45) is 0 Å². The highest BCUT2D eigenvalue weighted by molar-refractivity contribution is 5.43. The molecule has 1 spiro atoms. The lowest BCUT2D eigenvalue weighted by molar-refractivity contribution is 0.295. The topological polar surface area (TPSA) is 24.1 Å². The molecule has 82 valence electrons. The Hall–Kier alpha value is -0.760. The first kappa shape index (κ1) is 9.46. The van der Waals surface area contributed by atoms with Gasteiger partial charge in [0.15, 0.2) is 0 Å². The van der Waals surface area contributed by atoms with Crippen molar-refractivity contribution in [1.29, 1.82) is 0 Å². The van der Waals surface area contributed by atoms with Crippen LogP contribution in [0.3, 0.4) is 0 Å². The Bertz CT molecular complexity index is 354. The van der Waals surface area contributed by atoms with Crippen LogP contribution < -0.4 is 10.6 Å². The Labute approximate surface area is 91.8 Å². The molecule has 2 heteroatoms. The molecule has 0 aromatic heterocycles. The average Bonchev–Trinajstić information content (AvgIpc) is 2.58. The second kappa shape index (κ2) is 3.11. The van der Waals surface area contributed by atoms with Crippen molar-refractivity contribution in [2.45, 2.75) is 51.1 Å². The van der Waals surface area contributed by atoms with Gasteiger partial charge in [0, 0.05) is 11.7 Å². The monoisotopic (exact) mass is 204 g/mol. The summed E-state index contributed by atoms with van der Waals surface area (Å²) in [5, 5.41) is 7.43. The molecule has 3 rings (SSSR count). The van der Waals surface area contributed by atoms with Crippen LogP contribution >= 0.6 is 0 Å². The van der Waals surface area contributed by atoms with E-state index in [9.17, 15) is 0 Å². The predicted molar refractivity (Wildman–Crippen MR) is 62.6 cm³/mol. The lowest BCUT2D eigenvalue weighted by Crippen LogP contribution is -2.57. The van der Waals surface area contributed by atoms with Gasteiger partial charge in [-0.2, -0.15) is 0 Å². The molecule has 2 N–H and O–H groups in total. The molecular formula is C13H20N2. The predicted octanol–water partition coefficient (Wildman–Crippen LogP) is 2.09. The number of nitrogens with one attached hydrogen (secondary N) is 2. The van der Waals surface area contributed by atoms with Gasteiger partial charge < -0.3 is 10.6 Å². The Balaban J connectivity index is 2.09. The standard InChI is InChI=1S/C13H20N2/c1-9-8-10(2)15-13-6-7-14-12(13)5-3-4-11(9)13/h8,12,14-15H,3-7H2,1-2H3. The van der Waals surface area contributed by atoms with Gasteiger partial charge in [-0.15, -0.1) is 0 Å². The van der Waals surface area contributed by atoms with Crippen molar-refractivity contribution in [3.63, 3.8) is 0 Å². The summed E-state index contributed by atoms with van der Waals surface area (Å²) in [7, 11) is 0. The molecule has 2 unspecified atom stereocenters. The highest BCUT2D eigenvalue weighted by atomic mass is 15.1. The molecule has 2 atom stereocenters. The zero-order chi connectivity index (χ0) is 10.5. The fourth-order valence-corrected chi connectivity index (χ4v) is 3.78. The van der Waals surface area contributed by atoms with Crippen LogP contribution in [0.5, 0.6) is 0 Å². The van der Waals surface area contributed by atoms with Gasteiger partial charge in [-0.05, 0) is 63.3 Å². The first-order valence-corrected chi connectivity index (χ1v) is 6.12. The molecule has 1 aliphatic carbocycles. The summed E-state index contributed by atoms with van der Waals surface area (Å²) in [6.07, 6.45) is 7.54. The van der Waals surface area contributed by atoms with Crippen molar-refractivity contribution in [3.8, 4) is 0 Å². The summed E-state index contributed by atoms with van der Waals surface area (Å²) in [6, 6.07) is 0.667. The van der Waals surface area contributed by atoms with Crippen molar-refractivity contribution in [1.82, 2.24) is 10.6 Å². The molecule has 1 saturated carbocycles. The van der Waals surface area contributed by atoms with Crippen LogP contribution in [-0.4, -0.2) is 18.1 Å². The van der Waals surface area contributed by atoms with Gasteiger partial charge in [0.1, 0.15) is 0 Å². The maximum absolute atomic E-state index is 3.76. The summed E-state index contributed by atoms with van der Waals surface area (Å²) in [5.41, 5.74) is 4.81. The van der Waals surface area contributed by atoms with Crippen LogP contribution in [0, 0.1) is 0 Å². The zero-order valence-corrected chi connectivity index (χ0v) is 9.69. The molecule has 0 aromatic rings. The molecule has 0 aromatic carbocycles. The summed E-state index contributed by atoms with van der Waals surface area (Å²) < 4.78 is 0. The third kappa shape index (κ3) is 1.21. The number of hydrogen-bond donors (Lipinski definition) is 2. The maximum Gasteiger partial charge on any atom is 0.0753 e. The quantitative estimate of drug-likeness (QED) is 0.631. The van der Waals surface area contributed by atoms with Gasteiger partial charge in [0.2, 0.25) is 0 Å². The zero-order valence-electron chi connectivity index (χ0n) is 9.69. The lowest BCUT2D eigenvalue weighted by atomic mass is 9.70. The first-order valence-electron chi connectivity index (χ1n) is 6.12. The van der Waals surface area contributed by atoms with Crippen LogP contribution in [0.25, 0.3) is 0 Å². The Morgan fingerprint density at radius 1 is 1.40 bits per heavy atom. The molecule has 3 aliphatic rings. The molecule has 2 nitrogen and oxygen atoms in total. The second-order valence-electron chi connectivity index (χ2n) is 5.23. The minimum atomic E-state index is 0.279. The van der Waals surface area contributed by atoms with Crippen molar-refractivity contribution in [2.75, 3.05) is 6.54 Å². The van der Waals surface area contributed by atoms with Crippen LogP contribution in [0.2, 0.25) is 0 Å². The van der Waals surface area contributed by atoms with E-state index in [2.05, 4.69) is 30.6 Å². The third-order valence-electron chi connectivity index (χ3n) is 4.29. The van der Waals surface area contributed by atoms with E-state index in [-0.39, 0.29) is 5.54 Å². The van der Waals surface area contributed by atoms with Gasteiger partial charge >= 0.3 is 0 Å². The molecule has 2 aliphatic heterocycles. The molecule has 2 fully saturated rings. The van der Waals surface area contributed by atoms with Crippen LogP contribution in [0.15, 0.2) is 22.9 Å². The van der Waals surface area contributed by atoms with E-state index in [1.807, 2.05) is 0 Å². The van der Waals surface area contributed by atoms with E-state index in [4.69, 9.17) is 0 Å². The molecule has 1 saturated heterocycles. The van der Waals surface area contributed by atoms with Gasteiger partial charge in [-0.3, -0.25) is 0 Å². The van der Waals surface area contributed by atoms with Gasteiger partial charge in [0.25, 0.3) is 0 Å². The van der Waals surface area contributed by atoms with E-state index in [1.165, 1.54) is 43.5 Å². The Morgan fingerprint density at radius 2 is 2.27 bits per heavy atom. The van der Waals surface area contributed by atoms with Gasteiger partial charge in [0.05, 0.1) is 5.54 Å². The van der Waals surface area contributed by atoms with Crippen molar-refractivity contribution in [3.05, 3.63) is 22.9 Å². The molecule has 15 heavy (non-hydrogen) atoms. The fourth-order valence-electron chi connectivity index (χ4n) is 3.78. The van der Waals surface area contributed by atoms with E-state index in [1.54, 1.807) is 5.57 Å². The Kier molecular flexibility index (Phi) is 1.96. The SMILES string of the molecule is CC1=CC(C)=C2CCCC3NCCC23N1. The summed E-state index contributed by atoms with van der Waals surface area (Å²) in [4.78, 5) is 0. The molecule has 0 bridgehead atoms. The van der Waals surface area contributed by atoms with E-state index >= 15 is 0 Å². The number of allylic oxidation sites excluding steroid dienone is 3. The van der Waals surface area contributed by atoms with E-state index < -0.39 is 0 Å². The molecule has 0 radical (unpaired) electrons. The Morgan fingerprint density at radius 3 is 3.13 bits per heavy atom. The number of rotatable bonds is 0. The van der Waals surface area contributed by atoms with E-state index in [0.29, 0.717) is 6.04 Å². The molecule has 2 heterocycles. The van der Waals surface area contributed by atoms with Crippen molar-refractivity contribution < 1.29 is 0 Å². The third-order valence-corrected chi connectivity index (χ3v) is 4.29. The smallest absolute Gasteiger partial charge is 0.0753 e. The minimum absolute atomic E-state index is 0.279. The fraction of sp³-hybridized carbons (Fsp3) is 0.692. The maximum atomic E-state index is 3.76. The minimum Gasteiger partial charge on any atom is -0.378 e. The number of hydrogen-bond acceptors (Lipinski definition) is 2. The normalized spacial score (nSPS) is 39.3. The van der Waals surface area contributed by atoms with E-state index in [0.717, 1.165) is 0 Å². The summed E-state index contributed by atoms with van der Waals surface area (Å²) in [6.45, 7) is 5.64. The van der Waals surface area contributed by atoms with Gasteiger partial charge in [-0.25, -0.2) is 0 Å².